The van der Waals surface area contributed by atoms with Gasteiger partial charge in [0.25, 0.3) is 0 Å². The highest BCUT2D eigenvalue weighted by molar-refractivity contribution is 14.0. The fraction of sp³-hybridized carbons (Fsp3) is 0.562. The molecule has 1 atom stereocenters. The van der Waals surface area contributed by atoms with Crippen molar-refractivity contribution in [3.63, 3.8) is 0 Å². The first-order valence-electron chi connectivity index (χ1n) is 7.48. The van der Waals surface area contributed by atoms with Crippen LogP contribution in [0.4, 0.5) is 0 Å². The molecule has 1 unspecified atom stereocenters. The summed E-state index contributed by atoms with van der Waals surface area (Å²) in [5.74, 6) is 1.95. The average Bonchev–Trinajstić information content (AvgIpc) is 2.48. The van der Waals surface area contributed by atoms with Crippen LogP contribution in [0.25, 0.3) is 0 Å². The van der Waals surface area contributed by atoms with Crippen LogP contribution >= 0.6 is 35.7 Å². The number of guanidine groups is 1. The molecule has 0 saturated heterocycles. The largest absolute Gasteiger partial charge is 0.383 e. The number of hydrogen-bond acceptors (Lipinski definition) is 3. The summed E-state index contributed by atoms with van der Waals surface area (Å²) in [7, 11) is 1.71. The monoisotopic (exact) mass is 437 g/mol. The number of nitrogens with one attached hydrogen (secondary N) is 2. The van der Waals surface area contributed by atoms with Gasteiger partial charge in [-0.2, -0.15) is 0 Å². The molecule has 4 nitrogen and oxygen atoms in total. The lowest BCUT2D eigenvalue weighted by Crippen LogP contribution is -2.44. The Morgan fingerprint density at radius 3 is 2.68 bits per heavy atom. The fourth-order valence-electron chi connectivity index (χ4n) is 1.81. The summed E-state index contributed by atoms with van der Waals surface area (Å²) in [4.78, 5) is 5.91. The van der Waals surface area contributed by atoms with Gasteiger partial charge in [-0.15, -0.1) is 35.7 Å². The molecule has 0 aliphatic rings. The molecule has 0 fully saturated rings. The summed E-state index contributed by atoms with van der Waals surface area (Å²) in [6, 6.07) is 10.7. The molecule has 2 N–H and O–H groups in total. The lowest BCUT2D eigenvalue weighted by atomic mass is 10.4. The number of ether oxygens (including phenoxy) is 1. The summed E-state index contributed by atoms with van der Waals surface area (Å²) in [5.41, 5.74) is 0. The van der Waals surface area contributed by atoms with Gasteiger partial charge >= 0.3 is 0 Å². The Balaban J connectivity index is 0.00000441. The van der Waals surface area contributed by atoms with Gasteiger partial charge in [0.1, 0.15) is 0 Å². The minimum Gasteiger partial charge on any atom is -0.383 e. The molecule has 22 heavy (non-hydrogen) atoms. The zero-order chi connectivity index (χ0) is 15.3. The standard InChI is InChI=1S/C16H27N3OS.HI/c1-4-17-16(19-14(2)13-20-3)18-11-8-12-21-15-9-6-5-7-10-15;/h5-7,9-10,14H,4,8,11-13H2,1-3H3,(H2,17,18,19);1H. The summed E-state index contributed by atoms with van der Waals surface area (Å²) in [6.45, 7) is 6.53. The molecule has 1 rings (SSSR count). The molecule has 1 aromatic rings. The van der Waals surface area contributed by atoms with Gasteiger partial charge in [-0.25, -0.2) is 0 Å². The van der Waals surface area contributed by atoms with Crippen LogP contribution in [0, 0.1) is 0 Å². The Bertz CT molecular complexity index is 404. The van der Waals surface area contributed by atoms with E-state index in [-0.39, 0.29) is 30.0 Å². The highest BCUT2D eigenvalue weighted by atomic mass is 127. The SMILES string of the molecule is CCNC(=NCCCSc1ccccc1)NC(C)COC.I. The molecule has 0 amide bonds. The number of methoxy groups -OCH3 is 1. The van der Waals surface area contributed by atoms with Crippen molar-refractivity contribution in [3.05, 3.63) is 30.3 Å². The Hall–Kier alpha value is -0.470. The topological polar surface area (TPSA) is 45.7 Å². The third-order valence-corrected chi connectivity index (χ3v) is 3.83. The fourth-order valence-corrected chi connectivity index (χ4v) is 2.67. The summed E-state index contributed by atoms with van der Waals surface area (Å²) in [5, 5.41) is 6.59. The molecule has 0 aliphatic heterocycles. The van der Waals surface area contributed by atoms with Gasteiger partial charge in [0.05, 0.1) is 6.61 Å². The molecular weight excluding hydrogens is 409 g/mol. The van der Waals surface area contributed by atoms with Crippen molar-refractivity contribution in [2.45, 2.75) is 31.2 Å². The van der Waals surface area contributed by atoms with E-state index >= 15 is 0 Å². The van der Waals surface area contributed by atoms with Crippen molar-refractivity contribution < 1.29 is 4.74 Å². The van der Waals surface area contributed by atoms with E-state index in [1.807, 2.05) is 17.8 Å². The van der Waals surface area contributed by atoms with Gasteiger partial charge in [-0.3, -0.25) is 4.99 Å². The Morgan fingerprint density at radius 1 is 1.32 bits per heavy atom. The molecule has 0 radical (unpaired) electrons. The Kier molecular flexibility index (Phi) is 13.8. The summed E-state index contributed by atoms with van der Waals surface area (Å²) in [6.07, 6.45) is 1.06. The molecule has 1 aromatic carbocycles. The second-order valence-electron chi connectivity index (χ2n) is 4.78. The van der Waals surface area contributed by atoms with Crippen LogP contribution in [0.5, 0.6) is 0 Å². The van der Waals surface area contributed by atoms with Gasteiger partial charge in [-0.05, 0) is 38.2 Å². The highest BCUT2D eigenvalue weighted by Crippen LogP contribution is 2.17. The second-order valence-corrected chi connectivity index (χ2v) is 5.94. The maximum Gasteiger partial charge on any atom is 0.191 e. The third kappa shape index (κ3) is 10.3. The first-order chi connectivity index (χ1) is 10.3. The van der Waals surface area contributed by atoms with Crippen LogP contribution in [0.1, 0.15) is 20.3 Å². The van der Waals surface area contributed by atoms with Crippen molar-refractivity contribution in [1.82, 2.24) is 10.6 Å². The minimum atomic E-state index is 0. The molecular formula is C16H28IN3OS. The molecule has 0 spiro atoms. The Morgan fingerprint density at radius 2 is 2.05 bits per heavy atom. The maximum atomic E-state index is 5.13. The number of rotatable bonds is 9. The van der Waals surface area contributed by atoms with Crippen LogP contribution in [-0.4, -0.2) is 44.6 Å². The van der Waals surface area contributed by atoms with E-state index < -0.39 is 0 Å². The molecule has 0 aliphatic carbocycles. The quantitative estimate of drug-likeness (QED) is 0.205. The third-order valence-electron chi connectivity index (χ3n) is 2.73. The van der Waals surface area contributed by atoms with Crippen molar-refractivity contribution in [1.29, 1.82) is 0 Å². The number of halogens is 1. The van der Waals surface area contributed by atoms with Crippen LogP contribution < -0.4 is 10.6 Å². The molecule has 6 heteroatoms. The van der Waals surface area contributed by atoms with Crippen molar-refractivity contribution in [3.8, 4) is 0 Å². The van der Waals surface area contributed by atoms with Crippen molar-refractivity contribution in [2.24, 2.45) is 4.99 Å². The number of hydrogen-bond donors (Lipinski definition) is 2. The predicted molar refractivity (Wildman–Crippen MR) is 108 cm³/mol. The molecule has 126 valence electrons. The first kappa shape index (κ1) is 21.5. The average molecular weight is 437 g/mol. The van der Waals surface area contributed by atoms with Gasteiger partial charge in [-0.1, -0.05) is 18.2 Å². The van der Waals surface area contributed by atoms with E-state index in [0.717, 1.165) is 31.2 Å². The van der Waals surface area contributed by atoms with Crippen LogP contribution in [0.3, 0.4) is 0 Å². The van der Waals surface area contributed by atoms with Crippen LogP contribution in [0.15, 0.2) is 40.2 Å². The Labute approximate surface area is 155 Å². The van der Waals surface area contributed by atoms with Gasteiger partial charge < -0.3 is 15.4 Å². The number of nitrogens with zero attached hydrogens (tertiary/aromatic N) is 1. The van der Waals surface area contributed by atoms with E-state index in [1.165, 1.54) is 4.90 Å². The smallest absolute Gasteiger partial charge is 0.191 e. The zero-order valence-corrected chi connectivity index (χ0v) is 16.8. The molecule has 0 bridgehead atoms. The lowest BCUT2D eigenvalue weighted by molar-refractivity contribution is 0.179. The van der Waals surface area contributed by atoms with Crippen molar-refractivity contribution >= 4 is 41.7 Å². The highest BCUT2D eigenvalue weighted by Gasteiger charge is 2.03. The van der Waals surface area contributed by atoms with E-state index in [4.69, 9.17) is 4.74 Å². The van der Waals surface area contributed by atoms with Gasteiger partial charge in [0.15, 0.2) is 5.96 Å². The molecule has 0 heterocycles. The lowest BCUT2D eigenvalue weighted by Gasteiger charge is -2.16. The van der Waals surface area contributed by atoms with E-state index in [9.17, 15) is 0 Å². The van der Waals surface area contributed by atoms with Gasteiger partial charge in [0.2, 0.25) is 0 Å². The number of benzene rings is 1. The second kappa shape index (κ2) is 14.1. The summed E-state index contributed by atoms with van der Waals surface area (Å²) < 4.78 is 5.13. The van der Waals surface area contributed by atoms with E-state index in [0.29, 0.717) is 6.61 Å². The number of thioether (sulfide) groups is 1. The van der Waals surface area contributed by atoms with E-state index in [2.05, 4.69) is 53.7 Å². The zero-order valence-electron chi connectivity index (χ0n) is 13.7. The summed E-state index contributed by atoms with van der Waals surface area (Å²) >= 11 is 1.88. The minimum absolute atomic E-state index is 0. The maximum absolute atomic E-state index is 5.13. The van der Waals surface area contributed by atoms with Crippen LogP contribution in [0.2, 0.25) is 0 Å². The van der Waals surface area contributed by atoms with Crippen LogP contribution in [-0.2, 0) is 4.74 Å². The molecule has 0 saturated carbocycles. The number of aliphatic imine (C=N–C) groups is 1. The first-order valence-corrected chi connectivity index (χ1v) is 8.46. The molecule has 0 aromatic heterocycles. The van der Waals surface area contributed by atoms with E-state index in [1.54, 1.807) is 7.11 Å². The van der Waals surface area contributed by atoms with Crippen molar-refractivity contribution in [2.75, 3.05) is 32.6 Å². The van der Waals surface area contributed by atoms with Gasteiger partial charge in [0, 0.05) is 31.1 Å². The normalized spacial score (nSPS) is 12.4. The predicted octanol–water partition coefficient (Wildman–Crippen LogP) is 3.38.